The second kappa shape index (κ2) is 6.45. The molecule has 21 heavy (non-hydrogen) atoms. The molecule has 3 heterocycles. The number of carbonyl (C=O) groups is 1. The number of furan rings is 1. The van der Waals surface area contributed by atoms with Crippen LogP contribution in [0.2, 0.25) is 0 Å². The van der Waals surface area contributed by atoms with Crippen molar-refractivity contribution in [2.75, 3.05) is 19.6 Å². The quantitative estimate of drug-likeness (QED) is 0.922. The minimum Gasteiger partial charge on any atom is -0.468 e. The van der Waals surface area contributed by atoms with E-state index in [-0.39, 0.29) is 11.9 Å². The highest BCUT2D eigenvalue weighted by molar-refractivity contribution is 7.12. The van der Waals surface area contributed by atoms with Crippen LogP contribution in [0.5, 0.6) is 0 Å². The average Bonchev–Trinajstić information content (AvgIpc) is 3.21. The molecule has 0 saturated carbocycles. The highest BCUT2D eigenvalue weighted by atomic mass is 32.1. The maximum Gasteiger partial charge on any atom is 0.261 e. The Balaban J connectivity index is 1.67. The molecule has 0 aliphatic carbocycles. The molecule has 0 radical (unpaired) electrons. The smallest absolute Gasteiger partial charge is 0.261 e. The molecule has 1 aliphatic rings. The van der Waals surface area contributed by atoms with Gasteiger partial charge in [0.15, 0.2) is 0 Å². The summed E-state index contributed by atoms with van der Waals surface area (Å²) in [6.45, 7) is 4.69. The fraction of sp³-hybridized carbons (Fsp3) is 0.438. The molecular weight excluding hydrogens is 284 g/mol. The third-order valence-corrected chi connectivity index (χ3v) is 4.99. The summed E-state index contributed by atoms with van der Waals surface area (Å²) in [6, 6.07) is 6.01. The Hall–Kier alpha value is -1.59. The molecule has 2 aromatic rings. The summed E-state index contributed by atoms with van der Waals surface area (Å²) in [7, 11) is 0. The Morgan fingerprint density at radius 3 is 2.86 bits per heavy atom. The second-order valence-corrected chi connectivity index (χ2v) is 6.33. The zero-order valence-corrected chi connectivity index (χ0v) is 13.0. The predicted molar refractivity (Wildman–Crippen MR) is 83.6 cm³/mol. The van der Waals surface area contributed by atoms with Gasteiger partial charge in [0, 0.05) is 6.54 Å². The minimum atomic E-state index is 0.0123. The molecule has 1 N–H and O–H groups in total. The molecule has 1 atom stereocenters. The minimum absolute atomic E-state index is 0.0123. The Bertz CT molecular complexity index is 585. The third kappa shape index (κ3) is 3.19. The Morgan fingerprint density at radius 1 is 1.43 bits per heavy atom. The molecule has 0 spiro atoms. The molecule has 0 bridgehead atoms. The summed E-state index contributed by atoms with van der Waals surface area (Å²) in [5.41, 5.74) is 1.04. The van der Waals surface area contributed by atoms with Gasteiger partial charge in [0.1, 0.15) is 5.76 Å². The first-order chi connectivity index (χ1) is 10.3. The summed E-state index contributed by atoms with van der Waals surface area (Å²) in [6.07, 6.45) is 4.13. The molecule has 3 rings (SSSR count). The lowest BCUT2D eigenvalue weighted by Crippen LogP contribution is -2.36. The van der Waals surface area contributed by atoms with E-state index in [9.17, 15) is 4.79 Å². The number of carbonyl (C=O) groups excluding carboxylic acids is 1. The van der Waals surface area contributed by atoms with Crippen molar-refractivity contribution in [3.63, 3.8) is 0 Å². The van der Waals surface area contributed by atoms with Gasteiger partial charge < -0.3 is 9.73 Å². The van der Waals surface area contributed by atoms with Crippen LogP contribution in [-0.4, -0.2) is 30.4 Å². The van der Waals surface area contributed by atoms with Gasteiger partial charge >= 0.3 is 0 Å². The molecule has 0 aromatic carbocycles. The predicted octanol–water partition coefficient (Wildman–Crippen LogP) is 3.22. The van der Waals surface area contributed by atoms with Crippen molar-refractivity contribution >= 4 is 17.2 Å². The van der Waals surface area contributed by atoms with Crippen LogP contribution < -0.4 is 5.32 Å². The van der Waals surface area contributed by atoms with Crippen molar-refractivity contribution in [1.82, 2.24) is 10.2 Å². The molecule has 1 fully saturated rings. The highest BCUT2D eigenvalue weighted by Crippen LogP contribution is 2.25. The van der Waals surface area contributed by atoms with Gasteiger partial charge in [-0.05, 0) is 62.0 Å². The normalized spacial score (nSPS) is 17.0. The third-order valence-electron chi connectivity index (χ3n) is 3.98. The summed E-state index contributed by atoms with van der Waals surface area (Å²) < 4.78 is 5.56. The number of nitrogens with one attached hydrogen (secondary N) is 1. The van der Waals surface area contributed by atoms with Crippen LogP contribution in [0.1, 0.15) is 39.9 Å². The van der Waals surface area contributed by atoms with Crippen molar-refractivity contribution in [2.24, 2.45) is 0 Å². The van der Waals surface area contributed by atoms with Crippen molar-refractivity contribution in [2.45, 2.75) is 25.8 Å². The summed E-state index contributed by atoms with van der Waals surface area (Å²) in [5.74, 6) is 0.943. The first-order valence-corrected chi connectivity index (χ1v) is 8.23. The van der Waals surface area contributed by atoms with Crippen LogP contribution >= 0.6 is 11.3 Å². The van der Waals surface area contributed by atoms with Gasteiger partial charge in [0.2, 0.25) is 0 Å². The van der Waals surface area contributed by atoms with E-state index >= 15 is 0 Å². The van der Waals surface area contributed by atoms with Crippen LogP contribution in [-0.2, 0) is 0 Å². The van der Waals surface area contributed by atoms with Crippen molar-refractivity contribution in [1.29, 1.82) is 0 Å². The van der Waals surface area contributed by atoms with E-state index in [1.807, 2.05) is 30.5 Å². The molecule has 112 valence electrons. The summed E-state index contributed by atoms with van der Waals surface area (Å²) in [5, 5.41) is 5.01. The lowest BCUT2D eigenvalue weighted by molar-refractivity contribution is 0.0937. The summed E-state index contributed by atoms with van der Waals surface area (Å²) in [4.78, 5) is 15.5. The molecule has 5 heteroatoms. The molecule has 2 aromatic heterocycles. The van der Waals surface area contributed by atoms with E-state index in [0.29, 0.717) is 6.54 Å². The van der Waals surface area contributed by atoms with Gasteiger partial charge in [-0.25, -0.2) is 0 Å². The number of rotatable bonds is 5. The van der Waals surface area contributed by atoms with Crippen LogP contribution in [0.25, 0.3) is 0 Å². The Kier molecular flexibility index (Phi) is 4.41. The molecule has 1 aliphatic heterocycles. The Labute approximate surface area is 128 Å². The zero-order chi connectivity index (χ0) is 14.7. The van der Waals surface area contributed by atoms with Crippen molar-refractivity contribution in [3.8, 4) is 0 Å². The van der Waals surface area contributed by atoms with Gasteiger partial charge in [-0.15, -0.1) is 11.3 Å². The lowest BCUT2D eigenvalue weighted by atomic mass is 10.2. The van der Waals surface area contributed by atoms with Gasteiger partial charge in [-0.1, -0.05) is 0 Å². The fourth-order valence-electron chi connectivity index (χ4n) is 2.82. The van der Waals surface area contributed by atoms with Crippen molar-refractivity contribution in [3.05, 3.63) is 46.0 Å². The monoisotopic (exact) mass is 304 g/mol. The van der Waals surface area contributed by atoms with Crippen LogP contribution in [0.3, 0.4) is 0 Å². The number of likely N-dealkylation sites (tertiary alicyclic amines) is 1. The van der Waals surface area contributed by atoms with Crippen LogP contribution in [0.4, 0.5) is 0 Å². The Morgan fingerprint density at radius 2 is 2.24 bits per heavy atom. The fourth-order valence-corrected chi connectivity index (χ4v) is 3.66. The van der Waals surface area contributed by atoms with Gasteiger partial charge in [0.25, 0.3) is 5.91 Å². The van der Waals surface area contributed by atoms with Crippen LogP contribution in [0, 0.1) is 6.92 Å². The van der Waals surface area contributed by atoms with E-state index in [0.717, 1.165) is 29.3 Å². The first-order valence-electron chi connectivity index (χ1n) is 7.35. The number of aryl methyl sites for hydroxylation is 1. The standard InChI is InChI=1S/C16H20N2O2S/c1-12-6-10-21-15(12)16(19)17-11-13(14-5-4-9-20-14)18-7-2-3-8-18/h4-6,9-10,13H,2-3,7-8,11H2,1H3,(H,17,19). The molecule has 1 amide bonds. The highest BCUT2D eigenvalue weighted by Gasteiger charge is 2.26. The maximum atomic E-state index is 12.3. The SMILES string of the molecule is Cc1ccsc1C(=O)NCC(c1ccco1)N1CCCC1. The topological polar surface area (TPSA) is 45.5 Å². The number of hydrogen-bond donors (Lipinski definition) is 1. The largest absolute Gasteiger partial charge is 0.468 e. The molecule has 1 unspecified atom stereocenters. The van der Waals surface area contributed by atoms with Gasteiger partial charge in [-0.2, -0.15) is 0 Å². The first kappa shape index (κ1) is 14.4. The average molecular weight is 304 g/mol. The van der Waals surface area contributed by atoms with E-state index in [1.54, 1.807) is 6.26 Å². The van der Waals surface area contributed by atoms with E-state index in [2.05, 4.69) is 10.2 Å². The molecule has 1 saturated heterocycles. The zero-order valence-electron chi connectivity index (χ0n) is 12.2. The van der Waals surface area contributed by atoms with E-state index in [1.165, 1.54) is 24.2 Å². The maximum absolute atomic E-state index is 12.3. The molecule has 4 nitrogen and oxygen atoms in total. The molecular formula is C16H20N2O2S. The lowest BCUT2D eigenvalue weighted by Gasteiger charge is -2.25. The number of thiophene rings is 1. The van der Waals surface area contributed by atoms with Crippen molar-refractivity contribution < 1.29 is 9.21 Å². The van der Waals surface area contributed by atoms with Gasteiger partial charge in [0.05, 0.1) is 17.2 Å². The summed E-state index contributed by atoms with van der Waals surface area (Å²) >= 11 is 1.49. The van der Waals surface area contributed by atoms with E-state index in [4.69, 9.17) is 4.42 Å². The van der Waals surface area contributed by atoms with E-state index < -0.39 is 0 Å². The second-order valence-electron chi connectivity index (χ2n) is 5.42. The number of hydrogen-bond acceptors (Lipinski definition) is 4. The van der Waals surface area contributed by atoms with Crippen LogP contribution in [0.15, 0.2) is 34.3 Å². The number of nitrogens with zero attached hydrogens (tertiary/aromatic N) is 1. The van der Waals surface area contributed by atoms with Gasteiger partial charge in [-0.3, -0.25) is 9.69 Å². The number of amides is 1.